The molecule has 0 aromatic heterocycles. The fourth-order valence-electron chi connectivity index (χ4n) is 2.32. The number of urea groups is 1. The van der Waals surface area contributed by atoms with Crippen LogP contribution in [0.1, 0.15) is 22.8 Å². The molecule has 0 fully saturated rings. The number of rotatable bonds is 5. The predicted octanol–water partition coefficient (Wildman–Crippen LogP) is 3.44. The summed E-state index contributed by atoms with van der Waals surface area (Å²) in [5, 5.41) is 2.86. The van der Waals surface area contributed by atoms with Gasteiger partial charge in [0.2, 0.25) is 0 Å². The molecule has 1 N–H and O–H groups in total. The van der Waals surface area contributed by atoms with E-state index in [-0.39, 0.29) is 11.9 Å². The van der Waals surface area contributed by atoms with Gasteiger partial charge in [0, 0.05) is 38.4 Å². The lowest BCUT2D eigenvalue weighted by Crippen LogP contribution is -2.34. The summed E-state index contributed by atoms with van der Waals surface area (Å²) in [7, 11) is 3.40. The maximum absolute atomic E-state index is 12.5. The van der Waals surface area contributed by atoms with Crippen LogP contribution in [0.4, 0.5) is 10.5 Å². The van der Waals surface area contributed by atoms with Crippen LogP contribution >= 0.6 is 0 Å². The van der Waals surface area contributed by atoms with Gasteiger partial charge < -0.3 is 15.1 Å². The van der Waals surface area contributed by atoms with Crippen molar-refractivity contribution in [1.29, 1.82) is 0 Å². The maximum atomic E-state index is 12.5. The zero-order valence-electron chi connectivity index (χ0n) is 14.3. The third-order valence-electron chi connectivity index (χ3n) is 3.65. The molecule has 2 aromatic carbocycles. The minimum atomic E-state index is -0.184. The van der Waals surface area contributed by atoms with Crippen LogP contribution in [0.15, 0.2) is 54.6 Å². The van der Waals surface area contributed by atoms with E-state index in [9.17, 15) is 9.59 Å². The second-order valence-corrected chi connectivity index (χ2v) is 5.71. The third kappa shape index (κ3) is 4.59. The number of carbonyl (C=O) groups excluding carboxylic acids is 2. The van der Waals surface area contributed by atoms with Crippen molar-refractivity contribution < 1.29 is 9.59 Å². The van der Waals surface area contributed by atoms with Gasteiger partial charge in [-0.3, -0.25) is 4.79 Å². The fraction of sp³-hybridized carbons (Fsp3) is 0.263. The largest absolute Gasteiger partial charge is 0.345 e. The highest BCUT2D eigenvalue weighted by molar-refractivity contribution is 5.96. The molecule has 24 heavy (non-hydrogen) atoms. The van der Waals surface area contributed by atoms with Gasteiger partial charge in [-0.25, -0.2) is 4.79 Å². The van der Waals surface area contributed by atoms with E-state index in [1.807, 2.05) is 37.3 Å². The van der Waals surface area contributed by atoms with Crippen molar-refractivity contribution in [2.75, 3.05) is 26.0 Å². The average molecular weight is 325 g/mol. The molecule has 0 saturated carbocycles. The Morgan fingerprint density at radius 1 is 1.00 bits per heavy atom. The van der Waals surface area contributed by atoms with Gasteiger partial charge in [0.15, 0.2) is 0 Å². The number of carbonyl (C=O) groups is 2. The van der Waals surface area contributed by atoms with Gasteiger partial charge in [0.1, 0.15) is 0 Å². The van der Waals surface area contributed by atoms with Crippen molar-refractivity contribution in [3.05, 3.63) is 65.7 Å². The molecule has 0 aliphatic heterocycles. The third-order valence-corrected chi connectivity index (χ3v) is 3.65. The van der Waals surface area contributed by atoms with Crippen LogP contribution in [0.25, 0.3) is 0 Å². The van der Waals surface area contributed by atoms with Crippen LogP contribution < -0.4 is 5.32 Å². The van der Waals surface area contributed by atoms with E-state index in [4.69, 9.17) is 0 Å². The Labute approximate surface area is 142 Å². The number of hydrogen-bond donors (Lipinski definition) is 1. The quantitative estimate of drug-likeness (QED) is 0.915. The van der Waals surface area contributed by atoms with E-state index >= 15 is 0 Å². The molecule has 5 nitrogen and oxygen atoms in total. The fourth-order valence-corrected chi connectivity index (χ4v) is 2.32. The molecular formula is C19H23N3O2. The first-order chi connectivity index (χ1) is 11.5. The van der Waals surface area contributed by atoms with Gasteiger partial charge in [-0.2, -0.15) is 0 Å². The van der Waals surface area contributed by atoms with Crippen molar-refractivity contribution in [2.24, 2.45) is 0 Å². The molecule has 126 valence electrons. The van der Waals surface area contributed by atoms with Crippen molar-refractivity contribution >= 4 is 17.6 Å². The summed E-state index contributed by atoms with van der Waals surface area (Å²) >= 11 is 0. The smallest absolute Gasteiger partial charge is 0.322 e. The van der Waals surface area contributed by atoms with E-state index in [0.29, 0.717) is 24.3 Å². The second kappa shape index (κ2) is 8.15. The molecule has 0 saturated heterocycles. The molecule has 3 amide bonds. The standard InChI is InChI=1S/C19H23N3O2/c1-4-22(14-15-9-6-5-7-10-15)19(24)20-17-12-8-11-16(13-17)18(23)21(2)3/h5-13H,4,14H2,1-3H3,(H,20,24). The molecule has 0 atom stereocenters. The Hall–Kier alpha value is -2.82. The Kier molecular flexibility index (Phi) is 5.95. The molecule has 5 heteroatoms. The highest BCUT2D eigenvalue weighted by Gasteiger charge is 2.14. The van der Waals surface area contributed by atoms with Crippen LogP contribution in [0.3, 0.4) is 0 Å². The van der Waals surface area contributed by atoms with Gasteiger partial charge in [-0.05, 0) is 30.7 Å². The first-order valence-corrected chi connectivity index (χ1v) is 7.93. The van der Waals surface area contributed by atoms with Gasteiger partial charge in [-0.1, -0.05) is 36.4 Å². The van der Waals surface area contributed by atoms with Gasteiger partial charge in [0.05, 0.1) is 0 Å². The topological polar surface area (TPSA) is 52.7 Å². The van der Waals surface area contributed by atoms with Crippen LogP contribution in [-0.2, 0) is 6.54 Å². The Morgan fingerprint density at radius 2 is 1.71 bits per heavy atom. The normalized spacial score (nSPS) is 10.1. The van der Waals surface area contributed by atoms with Gasteiger partial charge in [0.25, 0.3) is 5.91 Å². The molecule has 2 rings (SSSR count). The van der Waals surface area contributed by atoms with Gasteiger partial charge in [-0.15, -0.1) is 0 Å². The monoisotopic (exact) mass is 325 g/mol. The van der Waals surface area contributed by atoms with Crippen molar-refractivity contribution in [3.63, 3.8) is 0 Å². The number of amides is 3. The number of nitrogens with zero attached hydrogens (tertiary/aromatic N) is 2. The summed E-state index contributed by atoms with van der Waals surface area (Å²) in [6.45, 7) is 3.07. The summed E-state index contributed by atoms with van der Waals surface area (Å²) in [5.41, 5.74) is 2.23. The Balaban J connectivity index is 2.07. The molecule has 2 aromatic rings. The number of benzene rings is 2. The zero-order valence-corrected chi connectivity index (χ0v) is 14.3. The summed E-state index contributed by atoms with van der Waals surface area (Å²) in [6, 6.07) is 16.6. The zero-order chi connectivity index (χ0) is 17.5. The second-order valence-electron chi connectivity index (χ2n) is 5.71. The summed E-state index contributed by atoms with van der Waals surface area (Å²) < 4.78 is 0. The molecule has 0 bridgehead atoms. The highest BCUT2D eigenvalue weighted by Crippen LogP contribution is 2.14. The van der Waals surface area contributed by atoms with Gasteiger partial charge >= 0.3 is 6.03 Å². The average Bonchev–Trinajstić information content (AvgIpc) is 2.59. The highest BCUT2D eigenvalue weighted by atomic mass is 16.2. The molecule has 0 unspecified atom stereocenters. The van der Waals surface area contributed by atoms with E-state index in [1.54, 1.807) is 43.3 Å². The SMILES string of the molecule is CCN(Cc1ccccc1)C(=O)Nc1cccc(C(=O)N(C)C)c1. The minimum Gasteiger partial charge on any atom is -0.345 e. The van der Waals surface area contributed by atoms with Crippen LogP contribution in [0.5, 0.6) is 0 Å². The van der Waals surface area contributed by atoms with Crippen LogP contribution in [0.2, 0.25) is 0 Å². The molecule has 0 radical (unpaired) electrons. The molecule has 0 spiro atoms. The Morgan fingerprint density at radius 3 is 2.33 bits per heavy atom. The Bertz CT molecular complexity index is 699. The maximum Gasteiger partial charge on any atom is 0.322 e. The van der Waals surface area contributed by atoms with E-state index < -0.39 is 0 Å². The minimum absolute atomic E-state index is 0.0947. The molecule has 0 aliphatic carbocycles. The summed E-state index contributed by atoms with van der Waals surface area (Å²) in [6.07, 6.45) is 0. The van der Waals surface area contributed by atoms with Crippen LogP contribution in [-0.4, -0.2) is 42.4 Å². The van der Waals surface area contributed by atoms with Crippen LogP contribution in [0, 0.1) is 0 Å². The summed E-state index contributed by atoms with van der Waals surface area (Å²) in [4.78, 5) is 27.7. The van der Waals surface area contributed by atoms with Crippen molar-refractivity contribution in [3.8, 4) is 0 Å². The molecule has 0 heterocycles. The first kappa shape index (κ1) is 17.5. The number of anilines is 1. The van der Waals surface area contributed by atoms with Crippen molar-refractivity contribution in [1.82, 2.24) is 9.80 Å². The lowest BCUT2D eigenvalue weighted by Gasteiger charge is -2.22. The van der Waals surface area contributed by atoms with E-state index in [0.717, 1.165) is 5.56 Å². The lowest BCUT2D eigenvalue weighted by atomic mass is 10.2. The predicted molar refractivity (Wildman–Crippen MR) is 96.0 cm³/mol. The van der Waals surface area contributed by atoms with E-state index in [1.165, 1.54) is 4.90 Å². The molecular weight excluding hydrogens is 302 g/mol. The number of nitrogens with one attached hydrogen (secondary N) is 1. The first-order valence-electron chi connectivity index (χ1n) is 7.93. The summed E-state index contributed by atoms with van der Waals surface area (Å²) in [5.74, 6) is -0.0947. The van der Waals surface area contributed by atoms with Crippen molar-refractivity contribution in [2.45, 2.75) is 13.5 Å². The molecule has 0 aliphatic rings. The number of hydrogen-bond acceptors (Lipinski definition) is 2. The van der Waals surface area contributed by atoms with E-state index in [2.05, 4.69) is 5.32 Å². The lowest BCUT2D eigenvalue weighted by molar-refractivity contribution is 0.0827.